The highest BCUT2D eigenvalue weighted by Gasteiger charge is 2.33. The summed E-state index contributed by atoms with van der Waals surface area (Å²) in [6, 6.07) is 13.8. The fraction of sp³-hybridized carbons (Fsp3) is 0.391. The van der Waals surface area contributed by atoms with Crippen LogP contribution in [-0.2, 0) is 10.2 Å². The quantitative estimate of drug-likeness (QED) is 0.401. The van der Waals surface area contributed by atoms with Gasteiger partial charge >= 0.3 is 12.1 Å². The first-order valence-electron chi connectivity index (χ1n) is 10.1. The number of primary amides is 1. The second kappa shape index (κ2) is 10.6. The van der Waals surface area contributed by atoms with Crippen LogP contribution in [0.5, 0.6) is 5.75 Å². The highest BCUT2D eigenvalue weighted by Crippen LogP contribution is 2.37. The summed E-state index contributed by atoms with van der Waals surface area (Å²) in [7, 11) is 2.21. The predicted molar refractivity (Wildman–Crippen MR) is 117 cm³/mol. The Bertz CT molecular complexity index is 854. The van der Waals surface area contributed by atoms with Gasteiger partial charge < -0.3 is 26.2 Å². The van der Waals surface area contributed by atoms with Crippen molar-refractivity contribution in [2.24, 2.45) is 5.73 Å². The summed E-state index contributed by atoms with van der Waals surface area (Å²) in [5.41, 5.74) is 12.3. The Kier molecular flexibility index (Phi) is 8.24. The van der Waals surface area contributed by atoms with Crippen molar-refractivity contribution in [3.05, 3.63) is 59.7 Å². The Morgan fingerprint density at radius 2 is 1.87 bits per heavy atom. The van der Waals surface area contributed by atoms with Gasteiger partial charge in [0.1, 0.15) is 5.75 Å². The van der Waals surface area contributed by atoms with Crippen LogP contribution in [0.15, 0.2) is 48.5 Å². The van der Waals surface area contributed by atoms with Crippen LogP contribution < -0.4 is 11.5 Å². The molecule has 7 heteroatoms. The smallest absolute Gasteiger partial charge is 0.412 e. The van der Waals surface area contributed by atoms with E-state index in [0.717, 1.165) is 13.0 Å². The number of nitrogens with two attached hydrogens (primary N) is 2. The zero-order valence-electron chi connectivity index (χ0n) is 17.6. The third-order valence-electron chi connectivity index (χ3n) is 5.49. The molecule has 3 rings (SSSR count). The molecule has 0 bridgehead atoms. The standard InChI is InChI=1S/C15H23NO.C8H8N2O3/c1-3-15(9-4-5-10-16(2)12-15)13-7-6-8-14(17)11-13;9-6-3-1-5(2-4-6)7(11)13-8(10)12/h6-8,11,17H,3-5,9-10,12H2,1-2H3;1-4H,9H2,(H2,10,12). The summed E-state index contributed by atoms with van der Waals surface area (Å²) < 4.78 is 4.14. The van der Waals surface area contributed by atoms with Crippen LogP contribution in [0.2, 0.25) is 0 Å². The number of esters is 1. The molecule has 1 aliphatic heterocycles. The minimum atomic E-state index is -1.12. The molecule has 5 N–H and O–H groups in total. The number of anilines is 1. The minimum absolute atomic E-state index is 0.226. The molecule has 2 aromatic carbocycles. The monoisotopic (exact) mass is 413 g/mol. The number of hydrogen-bond donors (Lipinski definition) is 3. The van der Waals surface area contributed by atoms with Crippen molar-refractivity contribution in [3.8, 4) is 5.75 Å². The number of ether oxygens (including phenoxy) is 1. The number of phenolic OH excluding ortho intramolecular Hbond substituents is 1. The van der Waals surface area contributed by atoms with Crippen molar-refractivity contribution in [2.75, 3.05) is 25.9 Å². The molecular weight excluding hydrogens is 382 g/mol. The maximum absolute atomic E-state index is 11.0. The molecule has 7 nitrogen and oxygen atoms in total. The minimum Gasteiger partial charge on any atom is -0.508 e. The number of carbonyl (C=O) groups excluding carboxylic acids is 2. The number of hydrogen-bond acceptors (Lipinski definition) is 6. The summed E-state index contributed by atoms with van der Waals surface area (Å²) >= 11 is 0. The summed E-state index contributed by atoms with van der Waals surface area (Å²) in [5, 5.41) is 9.68. The lowest BCUT2D eigenvalue weighted by Crippen LogP contribution is -2.37. The molecule has 0 saturated carbocycles. The number of nitrogens with zero attached hydrogens (tertiary/aromatic N) is 1. The van der Waals surface area contributed by atoms with Gasteiger partial charge in [0, 0.05) is 17.6 Å². The predicted octanol–water partition coefficient (Wildman–Crippen LogP) is 3.66. The van der Waals surface area contributed by atoms with Crippen molar-refractivity contribution >= 4 is 17.7 Å². The van der Waals surface area contributed by atoms with Gasteiger partial charge in [0.05, 0.1) is 5.56 Å². The lowest BCUT2D eigenvalue weighted by molar-refractivity contribution is 0.0638. The topological polar surface area (TPSA) is 119 Å². The van der Waals surface area contributed by atoms with Gasteiger partial charge in [0.15, 0.2) is 0 Å². The lowest BCUT2D eigenvalue weighted by atomic mass is 9.74. The zero-order chi connectivity index (χ0) is 22.1. The zero-order valence-corrected chi connectivity index (χ0v) is 17.6. The molecule has 1 aliphatic rings. The maximum Gasteiger partial charge on any atom is 0.412 e. The molecular formula is C23H31N3O4. The van der Waals surface area contributed by atoms with Crippen LogP contribution in [0.3, 0.4) is 0 Å². The molecule has 0 aromatic heterocycles. The SMILES string of the molecule is CCC1(c2cccc(O)c2)CCCCN(C)C1.NC(=O)OC(=O)c1ccc(N)cc1. The third-order valence-corrected chi connectivity index (χ3v) is 5.49. The molecule has 1 fully saturated rings. The summed E-state index contributed by atoms with van der Waals surface area (Å²) in [6.07, 6.45) is 3.82. The summed E-state index contributed by atoms with van der Waals surface area (Å²) in [6.45, 7) is 4.57. The van der Waals surface area contributed by atoms with Crippen LogP contribution in [0.1, 0.15) is 48.5 Å². The molecule has 30 heavy (non-hydrogen) atoms. The number of likely N-dealkylation sites (tertiary alicyclic amines) is 1. The van der Waals surface area contributed by atoms with E-state index in [1.807, 2.05) is 12.1 Å². The van der Waals surface area contributed by atoms with Crippen molar-refractivity contribution in [2.45, 2.75) is 38.0 Å². The highest BCUT2D eigenvalue weighted by molar-refractivity contribution is 5.96. The molecule has 1 atom stereocenters. The first-order valence-corrected chi connectivity index (χ1v) is 10.1. The number of carbonyl (C=O) groups is 2. The van der Waals surface area contributed by atoms with Gasteiger partial charge in [-0.15, -0.1) is 0 Å². The number of nitrogen functional groups attached to an aromatic ring is 1. The molecule has 0 spiro atoms. The van der Waals surface area contributed by atoms with E-state index in [9.17, 15) is 14.7 Å². The molecule has 1 amide bonds. The van der Waals surface area contributed by atoms with Gasteiger partial charge in [-0.25, -0.2) is 9.59 Å². The third kappa shape index (κ3) is 6.49. The van der Waals surface area contributed by atoms with Crippen molar-refractivity contribution < 1.29 is 19.4 Å². The molecule has 162 valence electrons. The van der Waals surface area contributed by atoms with Gasteiger partial charge in [-0.1, -0.05) is 25.5 Å². The lowest BCUT2D eigenvalue weighted by Gasteiger charge is -2.35. The largest absolute Gasteiger partial charge is 0.508 e. The highest BCUT2D eigenvalue weighted by atomic mass is 16.6. The van der Waals surface area contributed by atoms with Crippen molar-refractivity contribution in [3.63, 3.8) is 0 Å². The van der Waals surface area contributed by atoms with E-state index in [0.29, 0.717) is 11.4 Å². The number of amides is 1. The molecule has 1 saturated heterocycles. The van der Waals surface area contributed by atoms with Crippen molar-refractivity contribution in [1.29, 1.82) is 0 Å². The van der Waals surface area contributed by atoms with Gasteiger partial charge in [-0.3, -0.25) is 0 Å². The average Bonchev–Trinajstić information content (AvgIpc) is 2.90. The first kappa shape index (κ1) is 23.2. The second-order valence-corrected chi connectivity index (χ2v) is 7.71. The second-order valence-electron chi connectivity index (χ2n) is 7.71. The molecule has 2 aromatic rings. The van der Waals surface area contributed by atoms with Gasteiger partial charge in [-0.2, -0.15) is 0 Å². The summed E-state index contributed by atoms with van der Waals surface area (Å²) in [5.74, 6) is -0.394. The summed E-state index contributed by atoms with van der Waals surface area (Å²) in [4.78, 5) is 23.6. The fourth-order valence-corrected chi connectivity index (χ4v) is 3.85. The van der Waals surface area contributed by atoms with Crippen LogP contribution in [0.4, 0.5) is 10.5 Å². The van der Waals surface area contributed by atoms with Crippen LogP contribution in [-0.4, -0.2) is 42.2 Å². The van der Waals surface area contributed by atoms with Gasteiger partial charge in [-0.05, 0) is 74.8 Å². The number of aromatic hydroxyl groups is 1. The Hall–Kier alpha value is -3.06. The number of phenols is 1. The van der Waals surface area contributed by atoms with E-state index in [1.165, 1.54) is 55.6 Å². The van der Waals surface area contributed by atoms with Crippen LogP contribution in [0.25, 0.3) is 0 Å². The maximum atomic E-state index is 11.0. The van der Waals surface area contributed by atoms with E-state index in [-0.39, 0.29) is 11.0 Å². The number of likely N-dealkylation sites (N-methyl/N-ethyl adjacent to an activating group) is 1. The fourth-order valence-electron chi connectivity index (χ4n) is 3.85. The van der Waals surface area contributed by atoms with E-state index in [2.05, 4.69) is 35.4 Å². The van der Waals surface area contributed by atoms with Crippen molar-refractivity contribution in [1.82, 2.24) is 4.90 Å². The Labute approximate surface area is 177 Å². The molecule has 0 radical (unpaired) electrons. The van der Waals surface area contributed by atoms with E-state index >= 15 is 0 Å². The normalized spacial score (nSPS) is 19.1. The van der Waals surface area contributed by atoms with Gasteiger partial charge in [0.25, 0.3) is 0 Å². The molecule has 0 aliphatic carbocycles. The number of rotatable bonds is 3. The molecule has 1 unspecified atom stereocenters. The van der Waals surface area contributed by atoms with E-state index < -0.39 is 12.1 Å². The van der Waals surface area contributed by atoms with Gasteiger partial charge in [0.2, 0.25) is 0 Å². The van der Waals surface area contributed by atoms with E-state index in [1.54, 1.807) is 6.07 Å². The Balaban J connectivity index is 0.000000222. The average molecular weight is 414 g/mol. The number of benzene rings is 2. The van der Waals surface area contributed by atoms with Crippen LogP contribution >= 0.6 is 0 Å². The Morgan fingerprint density at radius 3 is 2.47 bits per heavy atom. The molecule has 1 heterocycles. The van der Waals surface area contributed by atoms with Crippen LogP contribution in [0, 0.1) is 0 Å². The first-order chi connectivity index (χ1) is 14.3. The Morgan fingerprint density at radius 1 is 1.17 bits per heavy atom. The van der Waals surface area contributed by atoms with E-state index in [4.69, 9.17) is 5.73 Å².